The number of hydrogen-bond acceptors (Lipinski definition) is 3. The van der Waals surface area contributed by atoms with Gasteiger partial charge in [-0.2, -0.15) is 0 Å². The van der Waals surface area contributed by atoms with Gasteiger partial charge in [-0.1, -0.05) is 23.7 Å². The van der Waals surface area contributed by atoms with Crippen molar-refractivity contribution >= 4 is 21.6 Å². The number of nitrogens with one attached hydrogen (secondary N) is 1. The van der Waals surface area contributed by atoms with Crippen LogP contribution in [0.15, 0.2) is 29.2 Å². The Kier molecular flexibility index (Phi) is 3.69. The molecule has 1 aromatic carbocycles. The topological polar surface area (TPSA) is 66.4 Å². The predicted molar refractivity (Wildman–Crippen MR) is 70.0 cm³/mol. The van der Waals surface area contributed by atoms with Crippen molar-refractivity contribution in [2.24, 2.45) is 5.92 Å². The summed E-state index contributed by atoms with van der Waals surface area (Å²) in [5.74, 6) is 0.187. The van der Waals surface area contributed by atoms with E-state index < -0.39 is 15.6 Å². The van der Waals surface area contributed by atoms with Crippen LogP contribution < -0.4 is 4.72 Å². The van der Waals surface area contributed by atoms with Gasteiger partial charge in [0.15, 0.2) is 0 Å². The van der Waals surface area contributed by atoms with Crippen LogP contribution in [0.25, 0.3) is 0 Å². The van der Waals surface area contributed by atoms with E-state index in [4.69, 9.17) is 11.6 Å². The second-order valence-electron chi connectivity index (χ2n) is 4.89. The third kappa shape index (κ3) is 3.03. The van der Waals surface area contributed by atoms with Crippen molar-refractivity contribution < 1.29 is 13.5 Å². The Bertz CT molecular complexity index is 538. The van der Waals surface area contributed by atoms with Crippen molar-refractivity contribution in [3.8, 4) is 0 Å². The third-order valence-electron chi connectivity index (χ3n) is 3.20. The Morgan fingerprint density at radius 1 is 1.44 bits per heavy atom. The number of aliphatic hydroxyl groups is 1. The van der Waals surface area contributed by atoms with E-state index in [1.807, 2.05) is 0 Å². The zero-order chi connectivity index (χ0) is 13.4. The highest BCUT2D eigenvalue weighted by molar-refractivity contribution is 7.89. The zero-order valence-corrected chi connectivity index (χ0v) is 11.6. The fourth-order valence-electron chi connectivity index (χ4n) is 1.83. The van der Waals surface area contributed by atoms with Gasteiger partial charge in [0, 0.05) is 6.54 Å². The second kappa shape index (κ2) is 4.81. The quantitative estimate of drug-likeness (QED) is 0.868. The van der Waals surface area contributed by atoms with Crippen LogP contribution in [0.1, 0.15) is 19.8 Å². The Hall–Kier alpha value is -0.620. The summed E-state index contributed by atoms with van der Waals surface area (Å²) in [5, 5.41) is 10.3. The van der Waals surface area contributed by atoms with Crippen molar-refractivity contribution in [2.45, 2.75) is 30.3 Å². The summed E-state index contributed by atoms with van der Waals surface area (Å²) >= 11 is 5.85. The molecule has 2 rings (SSSR count). The molecule has 1 fully saturated rings. The van der Waals surface area contributed by atoms with Gasteiger partial charge in [0.1, 0.15) is 4.90 Å². The van der Waals surface area contributed by atoms with Crippen LogP contribution in [-0.2, 0) is 10.0 Å². The maximum absolute atomic E-state index is 12.0. The number of benzene rings is 1. The fraction of sp³-hybridized carbons (Fsp3) is 0.500. The molecule has 0 heterocycles. The Labute approximate surface area is 112 Å². The SMILES string of the molecule is C[C@@](O)(CNS(=O)(=O)c1ccccc1Cl)C1CC1. The van der Waals surface area contributed by atoms with Crippen LogP contribution >= 0.6 is 11.6 Å². The van der Waals surface area contributed by atoms with E-state index in [2.05, 4.69) is 4.72 Å². The van der Waals surface area contributed by atoms with Crippen LogP contribution in [0.5, 0.6) is 0 Å². The lowest BCUT2D eigenvalue weighted by Crippen LogP contribution is -2.42. The molecule has 0 aliphatic heterocycles. The van der Waals surface area contributed by atoms with Gasteiger partial charge < -0.3 is 5.11 Å². The molecular formula is C12H16ClNO3S. The predicted octanol–water partition coefficient (Wildman–Crippen LogP) is 1.78. The molecule has 0 radical (unpaired) electrons. The molecule has 0 aromatic heterocycles. The van der Waals surface area contributed by atoms with Crippen molar-refractivity contribution in [3.05, 3.63) is 29.3 Å². The van der Waals surface area contributed by atoms with Crippen molar-refractivity contribution in [1.29, 1.82) is 0 Å². The maximum atomic E-state index is 12.0. The fourth-order valence-corrected chi connectivity index (χ4v) is 3.49. The standard InChI is InChI=1S/C12H16ClNO3S/c1-12(15,9-6-7-9)8-14-18(16,17)11-5-3-2-4-10(11)13/h2-5,9,14-15H,6-8H2,1H3/t12-/m1/s1. The molecule has 1 aliphatic carbocycles. The molecule has 1 atom stereocenters. The Morgan fingerprint density at radius 2 is 2.06 bits per heavy atom. The highest BCUT2D eigenvalue weighted by atomic mass is 35.5. The van der Waals surface area contributed by atoms with E-state index in [0.717, 1.165) is 12.8 Å². The number of halogens is 1. The van der Waals surface area contributed by atoms with Gasteiger partial charge in [-0.15, -0.1) is 0 Å². The molecular weight excluding hydrogens is 274 g/mol. The summed E-state index contributed by atoms with van der Waals surface area (Å²) in [6.07, 6.45) is 1.89. The van der Waals surface area contributed by atoms with E-state index >= 15 is 0 Å². The van der Waals surface area contributed by atoms with Crippen LogP contribution in [-0.4, -0.2) is 25.7 Å². The third-order valence-corrected chi connectivity index (χ3v) is 5.10. The van der Waals surface area contributed by atoms with E-state index in [1.54, 1.807) is 19.1 Å². The van der Waals surface area contributed by atoms with Gasteiger partial charge >= 0.3 is 0 Å². The Balaban J connectivity index is 2.11. The summed E-state index contributed by atoms with van der Waals surface area (Å²) in [5.41, 5.74) is -0.992. The molecule has 0 unspecified atom stereocenters. The van der Waals surface area contributed by atoms with E-state index in [1.165, 1.54) is 12.1 Å². The molecule has 1 saturated carbocycles. The molecule has 2 N–H and O–H groups in total. The molecule has 18 heavy (non-hydrogen) atoms. The summed E-state index contributed by atoms with van der Waals surface area (Å²) in [6, 6.07) is 6.24. The summed E-state index contributed by atoms with van der Waals surface area (Å²) in [4.78, 5) is 0.0401. The van der Waals surface area contributed by atoms with Crippen molar-refractivity contribution in [3.63, 3.8) is 0 Å². The minimum absolute atomic E-state index is 0.00518. The number of sulfonamides is 1. The number of rotatable bonds is 5. The first-order chi connectivity index (χ1) is 8.33. The molecule has 4 nitrogen and oxygen atoms in total. The van der Waals surface area contributed by atoms with Gasteiger partial charge in [-0.3, -0.25) is 0 Å². The zero-order valence-electron chi connectivity index (χ0n) is 10.1. The molecule has 0 amide bonds. The lowest BCUT2D eigenvalue weighted by Gasteiger charge is -2.23. The van der Waals surface area contributed by atoms with E-state index in [-0.39, 0.29) is 22.4 Å². The lowest BCUT2D eigenvalue weighted by atomic mass is 10.0. The van der Waals surface area contributed by atoms with Crippen LogP contribution in [0.3, 0.4) is 0 Å². The van der Waals surface area contributed by atoms with Crippen LogP contribution in [0.2, 0.25) is 5.02 Å². The monoisotopic (exact) mass is 289 g/mol. The summed E-state index contributed by atoms with van der Waals surface area (Å²) in [7, 11) is -3.67. The molecule has 0 saturated heterocycles. The highest BCUT2D eigenvalue weighted by Gasteiger charge is 2.40. The average molecular weight is 290 g/mol. The summed E-state index contributed by atoms with van der Waals surface area (Å²) in [6.45, 7) is 1.66. The smallest absolute Gasteiger partial charge is 0.242 e. The average Bonchev–Trinajstić information content (AvgIpc) is 3.11. The van der Waals surface area contributed by atoms with Crippen molar-refractivity contribution in [1.82, 2.24) is 4.72 Å². The Morgan fingerprint density at radius 3 is 2.61 bits per heavy atom. The molecule has 6 heteroatoms. The van der Waals surface area contributed by atoms with E-state index in [9.17, 15) is 13.5 Å². The maximum Gasteiger partial charge on any atom is 0.242 e. The summed E-state index contributed by atoms with van der Waals surface area (Å²) < 4.78 is 26.5. The molecule has 0 bridgehead atoms. The normalized spacial score (nSPS) is 19.5. The first-order valence-corrected chi connectivity index (χ1v) is 7.65. The molecule has 1 aliphatic rings. The van der Waals surface area contributed by atoms with Crippen molar-refractivity contribution in [2.75, 3.05) is 6.54 Å². The first kappa shape index (κ1) is 13.8. The lowest BCUT2D eigenvalue weighted by molar-refractivity contribution is 0.0422. The van der Waals surface area contributed by atoms with Gasteiger partial charge in [0.25, 0.3) is 0 Å². The van der Waals surface area contributed by atoms with Gasteiger partial charge in [0.05, 0.1) is 10.6 Å². The second-order valence-corrected chi connectivity index (χ2v) is 7.03. The van der Waals surface area contributed by atoms with E-state index in [0.29, 0.717) is 0 Å². The minimum Gasteiger partial charge on any atom is -0.389 e. The first-order valence-electron chi connectivity index (χ1n) is 5.79. The number of hydrogen-bond donors (Lipinski definition) is 2. The van der Waals surface area contributed by atoms with Gasteiger partial charge in [-0.25, -0.2) is 13.1 Å². The van der Waals surface area contributed by atoms with Gasteiger partial charge in [0.2, 0.25) is 10.0 Å². The van der Waals surface area contributed by atoms with Gasteiger partial charge in [-0.05, 0) is 37.8 Å². The molecule has 1 aromatic rings. The highest BCUT2D eigenvalue weighted by Crippen LogP contribution is 2.39. The minimum atomic E-state index is -3.67. The molecule has 0 spiro atoms. The largest absolute Gasteiger partial charge is 0.389 e. The van der Waals surface area contributed by atoms with Crippen LogP contribution in [0.4, 0.5) is 0 Å². The molecule has 100 valence electrons. The van der Waals surface area contributed by atoms with Crippen LogP contribution in [0, 0.1) is 5.92 Å².